The van der Waals surface area contributed by atoms with Crippen LogP contribution in [0.15, 0.2) is 0 Å². The molecule has 3 fully saturated rings. The lowest BCUT2D eigenvalue weighted by molar-refractivity contribution is 0.0168. The van der Waals surface area contributed by atoms with Gasteiger partial charge in [0, 0.05) is 37.8 Å². The van der Waals surface area contributed by atoms with Crippen molar-refractivity contribution in [3.05, 3.63) is 0 Å². The minimum absolute atomic E-state index is 0.720. The molecule has 0 saturated carbocycles. The zero-order valence-corrected chi connectivity index (χ0v) is 11.2. The monoisotopic (exact) mass is 237 g/mol. The third kappa shape index (κ3) is 2.67. The molecule has 98 valence electrons. The summed E-state index contributed by atoms with van der Waals surface area (Å²) in [6.45, 7) is 8.90. The molecule has 0 aromatic heterocycles. The van der Waals surface area contributed by atoms with Gasteiger partial charge in [-0.2, -0.15) is 0 Å². The smallest absolute Gasteiger partial charge is 0.0223 e. The summed E-state index contributed by atoms with van der Waals surface area (Å²) in [5.41, 5.74) is 0. The highest BCUT2D eigenvalue weighted by atomic mass is 15.3. The van der Waals surface area contributed by atoms with E-state index in [1.165, 1.54) is 64.8 Å². The Kier molecular flexibility index (Phi) is 3.69. The van der Waals surface area contributed by atoms with Crippen molar-refractivity contribution in [1.29, 1.82) is 0 Å². The van der Waals surface area contributed by atoms with Crippen LogP contribution in [0.5, 0.6) is 0 Å². The van der Waals surface area contributed by atoms with E-state index in [1.54, 1.807) is 0 Å². The fraction of sp³-hybridized carbons (Fsp3) is 1.00. The Hall–Kier alpha value is -0.120. The topological polar surface area (TPSA) is 18.5 Å². The number of nitrogens with one attached hydrogen (secondary N) is 1. The second-order valence-electron chi connectivity index (χ2n) is 6.21. The second kappa shape index (κ2) is 5.25. The molecule has 3 nitrogen and oxygen atoms in total. The van der Waals surface area contributed by atoms with E-state index in [4.69, 9.17) is 0 Å². The average molecular weight is 237 g/mol. The molecule has 3 atom stereocenters. The van der Waals surface area contributed by atoms with Gasteiger partial charge in [0.25, 0.3) is 0 Å². The summed E-state index contributed by atoms with van der Waals surface area (Å²) in [4.78, 5) is 5.54. The van der Waals surface area contributed by atoms with Gasteiger partial charge >= 0.3 is 0 Å². The zero-order valence-electron chi connectivity index (χ0n) is 11.2. The van der Waals surface area contributed by atoms with Crippen LogP contribution in [0.25, 0.3) is 0 Å². The quantitative estimate of drug-likeness (QED) is 0.741. The number of hydrogen-bond acceptors (Lipinski definition) is 3. The maximum atomic E-state index is 3.57. The van der Waals surface area contributed by atoms with Crippen molar-refractivity contribution in [1.82, 2.24) is 15.1 Å². The zero-order chi connectivity index (χ0) is 11.7. The van der Waals surface area contributed by atoms with Crippen molar-refractivity contribution in [2.24, 2.45) is 0 Å². The minimum Gasteiger partial charge on any atom is -0.314 e. The summed E-state index contributed by atoms with van der Waals surface area (Å²) in [6, 6.07) is 2.45. The lowest BCUT2D eigenvalue weighted by Crippen LogP contribution is -2.59. The lowest BCUT2D eigenvalue weighted by Gasteiger charge is -2.48. The van der Waals surface area contributed by atoms with E-state index in [0.29, 0.717) is 0 Å². The summed E-state index contributed by atoms with van der Waals surface area (Å²) in [5, 5.41) is 3.57. The molecule has 0 amide bonds. The highest BCUT2D eigenvalue weighted by Gasteiger charge is 2.33. The number of fused-ring (bicyclic) bond motifs is 1. The molecule has 3 heteroatoms. The Morgan fingerprint density at radius 2 is 1.82 bits per heavy atom. The van der Waals surface area contributed by atoms with Crippen molar-refractivity contribution in [2.75, 3.05) is 32.7 Å². The summed E-state index contributed by atoms with van der Waals surface area (Å²) in [6.07, 6.45) is 7.04. The van der Waals surface area contributed by atoms with Crippen LogP contribution >= 0.6 is 0 Å². The molecule has 3 saturated heterocycles. The maximum absolute atomic E-state index is 3.57. The van der Waals surface area contributed by atoms with Crippen LogP contribution in [0.2, 0.25) is 0 Å². The van der Waals surface area contributed by atoms with Crippen LogP contribution in [0.4, 0.5) is 0 Å². The molecule has 3 unspecified atom stereocenters. The average Bonchev–Trinajstić information content (AvgIpc) is 2.38. The molecule has 3 heterocycles. The van der Waals surface area contributed by atoms with E-state index in [9.17, 15) is 0 Å². The number of nitrogens with zero attached hydrogens (tertiary/aromatic N) is 2. The van der Waals surface area contributed by atoms with Gasteiger partial charge in [-0.15, -0.1) is 0 Å². The Labute approximate surface area is 106 Å². The van der Waals surface area contributed by atoms with Crippen molar-refractivity contribution in [2.45, 2.75) is 57.2 Å². The summed E-state index contributed by atoms with van der Waals surface area (Å²) in [7, 11) is 0. The molecule has 0 bridgehead atoms. The number of piperazine rings is 1. The predicted octanol–water partition coefficient (Wildman–Crippen LogP) is 1.30. The Balaban J connectivity index is 1.57. The molecule has 17 heavy (non-hydrogen) atoms. The van der Waals surface area contributed by atoms with Gasteiger partial charge < -0.3 is 5.32 Å². The molecule has 0 spiro atoms. The standard InChI is InChI=1S/C14H27N3/c1-12-10-13(5-6-15-12)17-9-8-16-7-3-2-4-14(16)11-17/h12-15H,2-11H2,1H3. The first-order valence-electron chi connectivity index (χ1n) is 7.54. The first kappa shape index (κ1) is 11.9. The van der Waals surface area contributed by atoms with Gasteiger partial charge in [0.1, 0.15) is 0 Å². The van der Waals surface area contributed by atoms with Gasteiger partial charge in [0.2, 0.25) is 0 Å². The van der Waals surface area contributed by atoms with Crippen LogP contribution in [-0.4, -0.2) is 60.6 Å². The SMILES string of the molecule is CC1CC(N2CCN3CCCCC3C2)CCN1. The summed E-state index contributed by atoms with van der Waals surface area (Å²) >= 11 is 0. The van der Waals surface area contributed by atoms with Gasteiger partial charge in [0.05, 0.1) is 0 Å². The molecule has 3 aliphatic rings. The van der Waals surface area contributed by atoms with E-state index in [2.05, 4.69) is 22.0 Å². The number of rotatable bonds is 1. The molecule has 0 aliphatic carbocycles. The lowest BCUT2D eigenvalue weighted by atomic mass is 9.94. The largest absolute Gasteiger partial charge is 0.314 e. The highest BCUT2D eigenvalue weighted by molar-refractivity contribution is 4.90. The van der Waals surface area contributed by atoms with E-state index in [0.717, 1.165) is 18.1 Å². The second-order valence-corrected chi connectivity index (χ2v) is 6.21. The molecule has 1 N–H and O–H groups in total. The third-order valence-electron chi connectivity index (χ3n) is 4.98. The van der Waals surface area contributed by atoms with Crippen molar-refractivity contribution in [3.8, 4) is 0 Å². The van der Waals surface area contributed by atoms with Crippen LogP contribution < -0.4 is 5.32 Å². The van der Waals surface area contributed by atoms with Gasteiger partial charge in [0.15, 0.2) is 0 Å². The number of hydrogen-bond donors (Lipinski definition) is 1. The Morgan fingerprint density at radius 3 is 2.71 bits per heavy atom. The van der Waals surface area contributed by atoms with E-state index in [-0.39, 0.29) is 0 Å². The molecular formula is C14H27N3. The van der Waals surface area contributed by atoms with Crippen LogP contribution in [-0.2, 0) is 0 Å². The van der Waals surface area contributed by atoms with E-state index in [1.807, 2.05) is 0 Å². The molecule has 0 aromatic rings. The highest BCUT2D eigenvalue weighted by Crippen LogP contribution is 2.25. The van der Waals surface area contributed by atoms with Gasteiger partial charge in [-0.25, -0.2) is 0 Å². The van der Waals surface area contributed by atoms with Crippen LogP contribution in [0.3, 0.4) is 0 Å². The van der Waals surface area contributed by atoms with E-state index < -0.39 is 0 Å². The van der Waals surface area contributed by atoms with Crippen molar-refractivity contribution < 1.29 is 0 Å². The molecule has 0 radical (unpaired) electrons. The Bertz CT molecular complexity index is 256. The third-order valence-corrected chi connectivity index (χ3v) is 4.98. The first-order chi connectivity index (χ1) is 8.33. The summed E-state index contributed by atoms with van der Waals surface area (Å²) < 4.78 is 0. The van der Waals surface area contributed by atoms with Crippen molar-refractivity contribution in [3.63, 3.8) is 0 Å². The predicted molar refractivity (Wildman–Crippen MR) is 71.3 cm³/mol. The Morgan fingerprint density at radius 1 is 0.941 bits per heavy atom. The molecule has 0 aromatic carbocycles. The van der Waals surface area contributed by atoms with Gasteiger partial charge in [-0.3, -0.25) is 9.80 Å². The molecular weight excluding hydrogens is 210 g/mol. The minimum atomic E-state index is 0.720. The maximum Gasteiger partial charge on any atom is 0.0223 e. The van der Waals surface area contributed by atoms with Crippen LogP contribution in [0, 0.1) is 0 Å². The van der Waals surface area contributed by atoms with Gasteiger partial charge in [-0.1, -0.05) is 6.42 Å². The fourth-order valence-electron chi connectivity index (χ4n) is 3.95. The van der Waals surface area contributed by atoms with E-state index >= 15 is 0 Å². The number of piperidine rings is 2. The summed E-state index contributed by atoms with van der Waals surface area (Å²) in [5.74, 6) is 0. The van der Waals surface area contributed by atoms with Gasteiger partial charge in [-0.05, 0) is 45.7 Å². The molecule has 3 aliphatic heterocycles. The fourth-order valence-corrected chi connectivity index (χ4v) is 3.95. The normalized spacial score (nSPS) is 41.1. The molecule has 3 rings (SSSR count). The first-order valence-corrected chi connectivity index (χ1v) is 7.54. The van der Waals surface area contributed by atoms with Crippen LogP contribution in [0.1, 0.15) is 39.0 Å². The van der Waals surface area contributed by atoms with Crippen molar-refractivity contribution >= 4 is 0 Å².